The summed E-state index contributed by atoms with van der Waals surface area (Å²) in [5.41, 5.74) is 0. The maximum atomic E-state index is 11.4. The highest BCUT2D eigenvalue weighted by Crippen LogP contribution is 2.00. The molecule has 0 aliphatic heterocycles. The maximum Gasteiger partial charge on any atom is 0.321 e. The van der Waals surface area contributed by atoms with Gasteiger partial charge in [-0.2, -0.15) is 0 Å². The Morgan fingerprint density at radius 3 is 2.40 bits per heavy atom. The molecule has 0 spiro atoms. The molecule has 90 valence electrons. The molecule has 15 heavy (non-hydrogen) atoms. The molecule has 2 unspecified atom stereocenters. The van der Waals surface area contributed by atoms with Crippen molar-refractivity contribution in [1.82, 2.24) is 0 Å². The molecule has 0 amide bonds. The Bertz CT molecular complexity index is 333. The molecule has 1 N–H and O–H groups in total. The highest BCUT2D eigenvalue weighted by Gasteiger charge is 2.25. The predicted molar refractivity (Wildman–Crippen MR) is 56.0 cm³/mol. The minimum absolute atomic E-state index is 0.181. The zero-order valence-electron chi connectivity index (χ0n) is 8.50. The number of methoxy groups -OCH3 is 1. The van der Waals surface area contributed by atoms with Crippen LogP contribution in [0.25, 0.3) is 0 Å². The van der Waals surface area contributed by atoms with E-state index in [9.17, 15) is 17.4 Å². The molecule has 6 nitrogen and oxygen atoms in total. The number of hydrogen-bond acceptors (Lipinski definition) is 5. The first-order valence-electron chi connectivity index (χ1n) is 4.04. The van der Waals surface area contributed by atoms with Crippen LogP contribution in [0, 0.1) is 0 Å². The maximum absolute atomic E-state index is 11.4. The van der Waals surface area contributed by atoms with Gasteiger partial charge in [0.15, 0.2) is 5.25 Å². The molecule has 2 atom stereocenters. The fraction of sp³-hybridized carbons (Fsp3) is 0.857. The Labute approximate surface area is 91.0 Å². The molecule has 0 aliphatic carbocycles. The predicted octanol–water partition coefficient (Wildman–Crippen LogP) is -1.12. The van der Waals surface area contributed by atoms with Crippen LogP contribution in [-0.4, -0.2) is 60.4 Å². The van der Waals surface area contributed by atoms with Gasteiger partial charge in [0.05, 0.1) is 12.4 Å². The van der Waals surface area contributed by atoms with Crippen molar-refractivity contribution in [2.45, 2.75) is 5.25 Å². The Morgan fingerprint density at radius 1 is 1.53 bits per heavy atom. The van der Waals surface area contributed by atoms with E-state index in [0.29, 0.717) is 0 Å². The van der Waals surface area contributed by atoms with Gasteiger partial charge in [-0.15, -0.1) is 0 Å². The molecule has 0 saturated heterocycles. The van der Waals surface area contributed by atoms with E-state index in [1.807, 2.05) is 0 Å². The van der Waals surface area contributed by atoms with Gasteiger partial charge >= 0.3 is 5.97 Å². The van der Waals surface area contributed by atoms with Crippen LogP contribution in [0.2, 0.25) is 0 Å². The normalized spacial score (nSPS) is 15.9. The lowest BCUT2D eigenvalue weighted by Gasteiger charge is -2.10. The average Bonchev–Trinajstić information content (AvgIpc) is 2.08. The van der Waals surface area contributed by atoms with Crippen molar-refractivity contribution in [2.24, 2.45) is 0 Å². The number of carboxylic acids is 1. The summed E-state index contributed by atoms with van der Waals surface area (Å²) in [5, 5.41) is 7.51. The van der Waals surface area contributed by atoms with E-state index in [2.05, 4.69) is 4.74 Å². The third-order valence-corrected chi connectivity index (χ3v) is 4.35. The topological polar surface area (TPSA) is 97.7 Å². The van der Waals surface area contributed by atoms with Crippen molar-refractivity contribution in [1.29, 1.82) is 0 Å². The molecular formula is C7H14O6S2. The lowest BCUT2D eigenvalue weighted by Crippen LogP contribution is -2.33. The largest absolute Gasteiger partial charge is 0.480 e. The molecule has 0 saturated carbocycles. The summed E-state index contributed by atoms with van der Waals surface area (Å²) in [4.78, 5) is 10.6. The number of carboxylic acid groups (broad SMARTS) is 1. The summed E-state index contributed by atoms with van der Waals surface area (Å²) in [7, 11) is -3.66. The zero-order valence-corrected chi connectivity index (χ0v) is 10.1. The second-order valence-corrected chi connectivity index (χ2v) is 7.00. The van der Waals surface area contributed by atoms with Crippen molar-refractivity contribution in [3.8, 4) is 0 Å². The molecule has 0 fully saturated rings. The molecule has 0 aromatic rings. The minimum atomic E-state index is -3.22. The molecule has 0 aromatic carbocycles. The monoisotopic (exact) mass is 258 g/mol. The number of rotatable bonds is 7. The van der Waals surface area contributed by atoms with E-state index in [1.54, 1.807) is 0 Å². The van der Waals surface area contributed by atoms with E-state index < -0.39 is 31.9 Å². The van der Waals surface area contributed by atoms with Gasteiger partial charge in [-0.3, -0.25) is 9.00 Å². The van der Waals surface area contributed by atoms with E-state index in [4.69, 9.17) is 5.11 Å². The highest BCUT2D eigenvalue weighted by atomic mass is 32.2. The molecule has 0 radical (unpaired) electrons. The van der Waals surface area contributed by atoms with Crippen LogP contribution in [0.1, 0.15) is 0 Å². The molecule has 0 bridgehead atoms. The van der Waals surface area contributed by atoms with Crippen molar-refractivity contribution < 1.29 is 27.3 Å². The van der Waals surface area contributed by atoms with Crippen LogP contribution in [0.3, 0.4) is 0 Å². The van der Waals surface area contributed by atoms with E-state index in [0.717, 1.165) is 6.26 Å². The summed E-state index contributed by atoms with van der Waals surface area (Å²) in [6, 6.07) is 0. The summed E-state index contributed by atoms with van der Waals surface area (Å²) < 4.78 is 37.5. The number of aliphatic carboxylic acids is 1. The second kappa shape index (κ2) is 6.19. The molecule has 0 heterocycles. The van der Waals surface area contributed by atoms with Crippen LogP contribution >= 0.6 is 0 Å². The van der Waals surface area contributed by atoms with Gasteiger partial charge in [0.2, 0.25) is 0 Å². The van der Waals surface area contributed by atoms with Gasteiger partial charge in [0, 0.05) is 29.9 Å². The Kier molecular flexibility index (Phi) is 5.99. The van der Waals surface area contributed by atoms with Crippen molar-refractivity contribution in [3.05, 3.63) is 0 Å². The van der Waals surface area contributed by atoms with Crippen LogP contribution in [0.5, 0.6) is 0 Å². The average molecular weight is 258 g/mol. The number of sulfone groups is 1. The molecule has 0 aromatic heterocycles. The lowest BCUT2D eigenvalue weighted by atomic mass is 10.5. The Hall–Kier alpha value is -0.470. The quantitative estimate of drug-likeness (QED) is 0.621. The van der Waals surface area contributed by atoms with Crippen LogP contribution in [0.4, 0.5) is 0 Å². The number of ether oxygens (including phenoxy) is 1. The van der Waals surface area contributed by atoms with Crippen molar-refractivity contribution in [3.63, 3.8) is 0 Å². The third kappa shape index (κ3) is 6.58. The molecular weight excluding hydrogens is 244 g/mol. The van der Waals surface area contributed by atoms with E-state index >= 15 is 0 Å². The lowest BCUT2D eigenvalue weighted by molar-refractivity contribution is -0.137. The summed E-state index contributed by atoms with van der Waals surface area (Å²) in [6.45, 7) is -0.189. The van der Waals surface area contributed by atoms with Gasteiger partial charge < -0.3 is 9.84 Å². The first-order chi connectivity index (χ1) is 6.78. The first-order valence-corrected chi connectivity index (χ1v) is 7.49. The standard InChI is InChI=1S/C7H14O6S2/c1-13-5-6(7(8)9)14(10)3-4-15(2,11)12/h6H,3-5H2,1-2H3,(H,8,9). The van der Waals surface area contributed by atoms with Gasteiger partial charge in [0.1, 0.15) is 9.84 Å². The third-order valence-electron chi connectivity index (χ3n) is 1.57. The molecule has 0 rings (SSSR count). The first kappa shape index (κ1) is 14.5. The summed E-state index contributed by atoms with van der Waals surface area (Å²) in [6.07, 6.45) is 1.01. The van der Waals surface area contributed by atoms with Crippen LogP contribution in [0.15, 0.2) is 0 Å². The van der Waals surface area contributed by atoms with Crippen molar-refractivity contribution >= 4 is 26.6 Å². The van der Waals surface area contributed by atoms with E-state index in [1.165, 1.54) is 7.11 Å². The molecule has 0 aliphatic rings. The number of carbonyl (C=O) groups is 1. The second-order valence-electron chi connectivity index (χ2n) is 3.00. The molecule has 8 heteroatoms. The minimum Gasteiger partial charge on any atom is -0.480 e. The van der Waals surface area contributed by atoms with Crippen LogP contribution < -0.4 is 0 Å². The summed E-state index contributed by atoms with van der Waals surface area (Å²) >= 11 is 0. The highest BCUT2D eigenvalue weighted by molar-refractivity contribution is 7.92. The smallest absolute Gasteiger partial charge is 0.321 e. The van der Waals surface area contributed by atoms with E-state index in [-0.39, 0.29) is 18.1 Å². The van der Waals surface area contributed by atoms with Gasteiger partial charge in [0.25, 0.3) is 0 Å². The Morgan fingerprint density at radius 2 is 2.07 bits per heavy atom. The fourth-order valence-corrected chi connectivity index (χ4v) is 3.45. The van der Waals surface area contributed by atoms with Gasteiger partial charge in [-0.25, -0.2) is 8.42 Å². The SMILES string of the molecule is COCC(C(=O)O)S(=O)CCS(C)(=O)=O. The summed E-state index contributed by atoms with van der Waals surface area (Å²) in [5.74, 6) is -1.71. The van der Waals surface area contributed by atoms with Crippen molar-refractivity contribution in [2.75, 3.05) is 31.5 Å². The number of hydrogen-bond donors (Lipinski definition) is 1. The fourth-order valence-electron chi connectivity index (χ4n) is 0.787. The zero-order chi connectivity index (χ0) is 12.1. The Balaban J connectivity index is 4.33. The van der Waals surface area contributed by atoms with Crippen LogP contribution in [-0.2, 0) is 30.2 Å². The van der Waals surface area contributed by atoms with Gasteiger partial charge in [-0.05, 0) is 0 Å². The van der Waals surface area contributed by atoms with Gasteiger partial charge in [-0.1, -0.05) is 0 Å².